The summed E-state index contributed by atoms with van der Waals surface area (Å²) in [5, 5.41) is 13.0. The Morgan fingerprint density at radius 1 is 1.32 bits per heavy atom. The van der Waals surface area contributed by atoms with Gasteiger partial charge in [0, 0.05) is 18.7 Å². The third-order valence-electron chi connectivity index (χ3n) is 3.18. The first kappa shape index (κ1) is 17.0. The Balaban J connectivity index is 1.88. The maximum Gasteiger partial charge on any atom is 0.356 e. The molecule has 0 fully saturated rings. The van der Waals surface area contributed by atoms with Gasteiger partial charge in [0.1, 0.15) is 16.6 Å². The molecule has 0 saturated carbocycles. The highest BCUT2D eigenvalue weighted by atomic mass is 32.2. The normalized spacial score (nSPS) is 11.4. The van der Waals surface area contributed by atoms with Crippen LogP contribution in [0.4, 0.5) is 10.2 Å². The van der Waals surface area contributed by atoms with E-state index in [1.165, 1.54) is 37.5 Å². The Morgan fingerprint density at radius 2 is 2.00 bits per heavy atom. The summed E-state index contributed by atoms with van der Waals surface area (Å²) in [6.45, 7) is 0. The summed E-state index contributed by atoms with van der Waals surface area (Å²) in [6.07, 6.45) is 1.18. The Bertz CT molecular complexity index is 1040. The number of aromatic carboxylic acids is 1. The second-order valence-electron chi connectivity index (χ2n) is 4.94. The minimum Gasteiger partial charge on any atom is -0.476 e. The van der Waals surface area contributed by atoms with Crippen LogP contribution in [0.1, 0.15) is 10.5 Å². The average Bonchev–Trinajstić information content (AvgIpc) is 3.16. The van der Waals surface area contributed by atoms with E-state index in [-0.39, 0.29) is 15.7 Å². The van der Waals surface area contributed by atoms with Gasteiger partial charge in [-0.05, 0) is 24.3 Å². The highest BCUT2D eigenvalue weighted by molar-refractivity contribution is 7.94. The summed E-state index contributed by atoms with van der Waals surface area (Å²) in [6, 6.07) is 6.62. The molecule has 8 nitrogen and oxygen atoms in total. The van der Waals surface area contributed by atoms with Crippen molar-refractivity contribution in [1.82, 2.24) is 14.8 Å². The number of carbonyl (C=O) groups is 1. The molecule has 0 radical (unpaired) electrons. The number of benzene rings is 1. The summed E-state index contributed by atoms with van der Waals surface area (Å²) in [4.78, 5) is 14.9. The molecule has 0 aliphatic rings. The number of anilines is 1. The average molecular weight is 382 g/mol. The first-order chi connectivity index (χ1) is 11.8. The number of rotatable bonds is 5. The number of sulfonamides is 1. The minimum absolute atomic E-state index is 0.00846. The molecule has 0 spiro atoms. The minimum atomic E-state index is -3.97. The Morgan fingerprint density at radius 3 is 2.60 bits per heavy atom. The molecule has 3 rings (SSSR count). The van der Waals surface area contributed by atoms with E-state index in [1.54, 1.807) is 0 Å². The highest BCUT2D eigenvalue weighted by Crippen LogP contribution is 2.29. The van der Waals surface area contributed by atoms with Gasteiger partial charge in [-0.2, -0.15) is 5.10 Å². The molecule has 0 saturated heterocycles. The number of halogens is 1. The van der Waals surface area contributed by atoms with Crippen LogP contribution in [0.15, 0.2) is 40.7 Å². The van der Waals surface area contributed by atoms with Crippen molar-refractivity contribution in [2.45, 2.75) is 4.21 Å². The largest absolute Gasteiger partial charge is 0.476 e. The molecule has 0 unspecified atom stereocenters. The number of hydrogen-bond donors (Lipinski definition) is 2. The van der Waals surface area contributed by atoms with Gasteiger partial charge in [-0.25, -0.2) is 22.6 Å². The van der Waals surface area contributed by atoms with E-state index in [2.05, 4.69) is 14.8 Å². The number of aryl methyl sites for hydroxylation is 1. The molecule has 3 aromatic rings. The summed E-state index contributed by atoms with van der Waals surface area (Å²) in [7, 11) is -2.55. The number of nitrogens with one attached hydrogen (secondary N) is 1. The molecule has 0 aliphatic carbocycles. The van der Waals surface area contributed by atoms with Crippen LogP contribution in [0.5, 0.6) is 0 Å². The van der Waals surface area contributed by atoms with Gasteiger partial charge in [0.2, 0.25) is 0 Å². The van der Waals surface area contributed by atoms with Gasteiger partial charge < -0.3 is 5.11 Å². The van der Waals surface area contributed by atoms with E-state index in [0.29, 0.717) is 10.6 Å². The lowest BCUT2D eigenvalue weighted by Crippen LogP contribution is -2.14. The van der Waals surface area contributed by atoms with Gasteiger partial charge >= 0.3 is 5.97 Å². The monoisotopic (exact) mass is 382 g/mol. The Labute approximate surface area is 145 Å². The topological polar surface area (TPSA) is 114 Å². The quantitative estimate of drug-likeness (QED) is 0.699. The zero-order chi connectivity index (χ0) is 18.2. The van der Waals surface area contributed by atoms with Crippen molar-refractivity contribution in [2.75, 3.05) is 4.72 Å². The molecule has 2 heterocycles. The van der Waals surface area contributed by atoms with Gasteiger partial charge in [0.25, 0.3) is 10.0 Å². The number of thiazole rings is 1. The lowest BCUT2D eigenvalue weighted by atomic mass is 10.2. The van der Waals surface area contributed by atoms with E-state index in [4.69, 9.17) is 5.11 Å². The van der Waals surface area contributed by atoms with Crippen molar-refractivity contribution >= 4 is 33.1 Å². The first-order valence-electron chi connectivity index (χ1n) is 6.78. The van der Waals surface area contributed by atoms with Crippen molar-refractivity contribution in [3.05, 3.63) is 48.0 Å². The summed E-state index contributed by atoms with van der Waals surface area (Å²) < 4.78 is 41.2. The molecule has 2 N–H and O–H groups in total. The van der Waals surface area contributed by atoms with E-state index in [0.717, 1.165) is 22.1 Å². The van der Waals surface area contributed by atoms with Crippen molar-refractivity contribution in [2.24, 2.45) is 7.05 Å². The molecule has 0 atom stereocenters. The fraction of sp³-hybridized carbons (Fsp3) is 0.0714. The van der Waals surface area contributed by atoms with Crippen LogP contribution in [0.25, 0.3) is 10.6 Å². The molecule has 0 bridgehead atoms. The molecule has 1 aromatic carbocycles. The lowest BCUT2D eigenvalue weighted by molar-refractivity contribution is 0.0689. The van der Waals surface area contributed by atoms with Gasteiger partial charge in [-0.3, -0.25) is 9.40 Å². The number of aromatic nitrogens is 3. The van der Waals surface area contributed by atoms with Crippen molar-refractivity contribution in [1.29, 1.82) is 0 Å². The van der Waals surface area contributed by atoms with E-state index >= 15 is 0 Å². The van der Waals surface area contributed by atoms with Crippen LogP contribution in [-0.2, 0) is 17.1 Å². The third-order valence-corrected chi connectivity index (χ3v) is 6.04. The van der Waals surface area contributed by atoms with Crippen LogP contribution in [-0.4, -0.2) is 34.3 Å². The standard InChI is InChI=1S/C14H11FN4O4S2/c1-19-11(6-10(17-19)14(20)21)18-25(22,23)12-7-16-13(24-12)8-2-4-9(15)5-3-8/h2-7,18H,1H3,(H,20,21). The summed E-state index contributed by atoms with van der Waals surface area (Å²) >= 11 is 0.907. The maximum absolute atomic E-state index is 13.0. The van der Waals surface area contributed by atoms with Crippen LogP contribution in [0, 0.1) is 5.82 Å². The molecule has 0 aliphatic heterocycles. The second kappa shape index (κ2) is 6.26. The van der Waals surface area contributed by atoms with Gasteiger partial charge in [-0.15, -0.1) is 11.3 Å². The van der Waals surface area contributed by atoms with Crippen molar-refractivity contribution in [3.63, 3.8) is 0 Å². The fourth-order valence-corrected chi connectivity index (χ4v) is 4.18. The van der Waals surface area contributed by atoms with Crippen molar-refractivity contribution in [3.8, 4) is 10.6 Å². The SMILES string of the molecule is Cn1nc(C(=O)O)cc1NS(=O)(=O)c1cnc(-c2ccc(F)cc2)s1. The van der Waals surface area contributed by atoms with Gasteiger partial charge in [0.05, 0.1) is 6.20 Å². The van der Waals surface area contributed by atoms with Crippen LogP contribution < -0.4 is 4.72 Å². The van der Waals surface area contributed by atoms with Gasteiger partial charge in [0.15, 0.2) is 9.90 Å². The highest BCUT2D eigenvalue weighted by Gasteiger charge is 2.21. The number of nitrogens with zero attached hydrogens (tertiary/aromatic N) is 3. The zero-order valence-corrected chi connectivity index (χ0v) is 14.3. The Kier molecular flexibility index (Phi) is 4.27. The molecule has 25 heavy (non-hydrogen) atoms. The molecule has 0 amide bonds. The molecule has 130 valence electrons. The number of carboxylic acid groups (broad SMARTS) is 1. The van der Waals surface area contributed by atoms with E-state index < -0.39 is 21.8 Å². The van der Waals surface area contributed by atoms with Crippen LogP contribution in [0.3, 0.4) is 0 Å². The first-order valence-corrected chi connectivity index (χ1v) is 9.08. The molecular weight excluding hydrogens is 371 g/mol. The van der Waals surface area contributed by atoms with Crippen LogP contribution >= 0.6 is 11.3 Å². The molecule has 2 aromatic heterocycles. The lowest BCUT2D eigenvalue weighted by Gasteiger charge is -2.05. The Hall–Kier alpha value is -2.79. The van der Waals surface area contributed by atoms with Crippen LogP contribution in [0.2, 0.25) is 0 Å². The van der Waals surface area contributed by atoms with E-state index in [9.17, 15) is 17.6 Å². The maximum atomic E-state index is 13.0. The smallest absolute Gasteiger partial charge is 0.356 e. The molecular formula is C14H11FN4O4S2. The number of hydrogen-bond acceptors (Lipinski definition) is 6. The zero-order valence-electron chi connectivity index (χ0n) is 12.7. The fourth-order valence-electron chi connectivity index (χ4n) is 1.96. The molecule has 11 heteroatoms. The predicted molar refractivity (Wildman–Crippen MR) is 88.5 cm³/mol. The second-order valence-corrected chi connectivity index (χ2v) is 7.88. The van der Waals surface area contributed by atoms with E-state index in [1.807, 2.05) is 0 Å². The third kappa shape index (κ3) is 3.51. The van der Waals surface area contributed by atoms with Gasteiger partial charge in [-0.1, -0.05) is 0 Å². The predicted octanol–water partition coefficient (Wildman–Crippen LogP) is 2.18. The summed E-state index contributed by atoms with van der Waals surface area (Å²) in [5.74, 6) is -1.66. The number of carboxylic acids is 1. The summed E-state index contributed by atoms with van der Waals surface area (Å²) in [5.41, 5.74) is 0.304. The van der Waals surface area contributed by atoms with Crippen molar-refractivity contribution < 1.29 is 22.7 Å².